The average molecular weight is 423 g/mol. The van der Waals surface area contributed by atoms with Gasteiger partial charge in [-0.3, -0.25) is 10.0 Å². The topological polar surface area (TPSA) is 83.9 Å². The van der Waals surface area contributed by atoms with Gasteiger partial charge < -0.3 is 4.74 Å². The lowest BCUT2D eigenvalue weighted by molar-refractivity contribution is -0.158. The van der Waals surface area contributed by atoms with Gasteiger partial charge in [0.25, 0.3) is 0 Å². The van der Waals surface area contributed by atoms with Crippen molar-refractivity contribution in [3.8, 4) is 5.75 Å². The van der Waals surface area contributed by atoms with Gasteiger partial charge in [-0.1, -0.05) is 18.2 Å². The molecule has 0 spiro atoms. The van der Waals surface area contributed by atoms with Gasteiger partial charge in [-0.05, 0) is 46.8 Å². The molecule has 9 heteroatoms. The van der Waals surface area contributed by atoms with Crippen LogP contribution in [-0.4, -0.2) is 38.0 Å². The monoisotopic (exact) mass is 423 g/mol. The number of rotatable bonds is 8. The fourth-order valence-electron chi connectivity index (χ4n) is 2.93. The second kappa shape index (κ2) is 8.26. The summed E-state index contributed by atoms with van der Waals surface area (Å²) in [6.07, 6.45) is 0.171. The fraction of sp³-hybridized carbons (Fsp3) is 0.211. The van der Waals surface area contributed by atoms with Gasteiger partial charge in [0.2, 0.25) is 6.41 Å². The van der Waals surface area contributed by atoms with Crippen LogP contribution in [0.1, 0.15) is 17.2 Å². The van der Waals surface area contributed by atoms with Crippen molar-refractivity contribution in [1.82, 2.24) is 5.06 Å². The van der Waals surface area contributed by atoms with Gasteiger partial charge in [-0.25, -0.2) is 13.5 Å². The van der Waals surface area contributed by atoms with Crippen molar-refractivity contribution >= 4 is 37.7 Å². The number of benzene rings is 2. The standard InChI is InChI=1S/C19H18FNO5S2/c1-26-16-5-3-14(4-6-16)17(21(23)12-22)11-28(24,25)10-13-2-7-18-15(8-13)9-19(20)27-18/h2-9,12,17,23H,10-11H2,1H3. The van der Waals surface area contributed by atoms with Crippen molar-refractivity contribution in [2.45, 2.75) is 11.8 Å². The first-order valence-electron chi connectivity index (χ1n) is 8.26. The Hall–Kier alpha value is -2.49. The van der Waals surface area contributed by atoms with E-state index in [1.807, 2.05) is 0 Å². The van der Waals surface area contributed by atoms with Crippen LogP contribution in [0.25, 0.3) is 10.1 Å². The van der Waals surface area contributed by atoms with E-state index >= 15 is 0 Å². The summed E-state index contributed by atoms with van der Waals surface area (Å²) in [5, 5.41) is 10.5. The third kappa shape index (κ3) is 4.67. The van der Waals surface area contributed by atoms with Gasteiger partial charge >= 0.3 is 0 Å². The SMILES string of the molecule is COc1ccc(C(CS(=O)(=O)Cc2ccc3sc(F)cc3c2)N(O)C=O)cc1. The Bertz CT molecular complexity index is 1080. The number of sulfone groups is 1. The maximum absolute atomic E-state index is 13.4. The zero-order valence-corrected chi connectivity index (χ0v) is 16.5. The highest BCUT2D eigenvalue weighted by molar-refractivity contribution is 7.90. The largest absolute Gasteiger partial charge is 0.497 e. The van der Waals surface area contributed by atoms with Gasteiger partial charge in [0.05, 0.1) is 24.7 Å². The maximum Gasteiger partial charge on any atom is 0.233 e. The molecule has 0 bridgehead atoms. The molecule has 0 saturated carbocycles. The second-order valence-corrected chi connectivity index (χ2v) is 9.39. The van der Waals surface area contributed by atoms with Crippen molar-refractivity contribution in [3.05, 3.63) is 64.8 Å². The van der Waals surface area contributed by atoms with Crippen LogP contribution in [0.15, 0.2) is 48.5 Å². The number of fused-ring (bicyclic) bond motifs is 1. The molecule has 1 heterocycles. The summed E-state index contributed by atoms with van der Waals surface area (Å²) in [7, 11) is -2.20. The number of hydroxylamine groups is 2. The molecule has 0 aliphatic carbocycles. The Labute approximate surface area is 165 Å². The summed E-state index contributed by atoms with van der Waals surface area (Å²) >= 11 is 0.992. The van der Waals surface area contributed by atoms with Crippen LogP contribution >= 0.6 is 11.3 Å². The van der Waals surface area contributed by atoms with E-state index in [2.05, 4.69) is 0 Å². The van der Waals surface area contributed by atoms with Crippen molar-refractivity contribution in [2.24, 2.45) is 0 Å². The number of ether oxygens (including phenoxy) is 1. The number of carbonyl (C=O) groups is 1. The van der Waals surface area contributed by atoms with Crippen molar-refractivity contribution in [3.63, 3.8) is 0 Å². The smallest absolute Gasteiger partial charge is 0.233 e. The van der Waals surface area contributed by atoms with Crippen LogP contribution in [0.4, 0.5) is 4.39 Å². The third-order valence-corrected chi connectivity index (χ3v) is 6.78. The van der Waals surface area contributed by atoms with Crippen molar-refractivity contribution in [1.29, 1.82) is 0 Å². The molecule has 1 amide bonds. The van der Waals surface area contributed by atoms with Crippen LogP contribution in [0, 0.1) is 5.13 Å². The predicted octanol–water partition coefficient (Wildman–Crippen LogP) is 3.55. The van der Waals surface area contributed by atoms with E-state index in [0.29, 0.717) is 27.3 Å². The summed E-state index contributed by atoms with van der Waals surface area (Å²) in [5.74, 6) is -0.193. The molecule has 3 aromatic rings. The van der Waals surface area contributed by atoms with Gasteiger partial charge in [-0.15, -0.1) is 11.3 Å². The molecule has 28 heavy (non-hydrogen) atoms. The van der Waals surface area contributed by atoms with Crippen LogP contribution < -0.4 is 4.74 Å². The molecular formula is C19H18FNO5S2. The van der Waals surface area contributed by atoms with Gasteiger partial charge in [0.15, 0.2) is 15.0 Å². The highest BCUT2D eigenvalue weighted by Gasteiger charge is 2.26. The van der Waals surface area contributed by atoms with Crippen LogP contribution in [-0.2, 0) is 20.4 Å². The molecule has 0 aliphatic rings. The zero-order valence-electron chi connectivity index (χ0n) is 14.9. The molecule has 0 radical (unpaired) electrons. The van der Waals surface area contributed by atoms with Gasteiger partial charge in [0.1, 0.15) is 5.75 Å². The maximum atomic E-state index is 13.4. The number of amides is 1. The van der Waals surface area contributed by atoms with Gasteiger partial charge in [0, 0.05) is 4.70 Å². The lowest BCUT2D eigenvalue weighted by Gasteiger charge is -2.23. The first-order chi connectivity index (χ1) is 13.3. The fourth-order valence-corrected chi connectivity index (χ4v) is 5.33. The third-order valence-electron chi connectivity index (χ3n) is 4.28. The lowest BCUT2D eigenvalue weighted by Crippen LogP contribution is -2.30. The Morgan fingerprint density at radius 1 is 1.21 bits per heavy atom. The molecule has 1 unspecified atom stereocenters. The molecule has 1 N–H and O–H groups in total. The summed E-state index contributed by atoms with van der Waals surface area (Å²) < 4.78 is 44.6. The minimum absolute atomic E-state index is 0.171. The van der Waals surface area contributed by atoms with E-state index < -0.39 is 21.6 Å². The number of hydrogen-bond acceptors (Lipinski definition) is 6. The van der Waals surface area contributed by atoms with E-state index in [9.17, 15) is 22.8 Å². The van der Waals surface area contributed by atoms with E-state index in [1.165, 1.54) is 13.2 Å². The Balaban J connectivity index is 1.83. The van der Waals surface area contributed by atoms with E-state index in [1.54, 1.807) is 42.5 Å². The lowest BCUT2D eigenvalue weighted by atomic mass is 10.1. The quantitative estimate of drug-likeness (QED) is 0.340. The minimum Gasteiger partial charge on any atom is -0.497 e. The molecule has 3 rings (SSSR count). The molecule has 1 atom stereocenters. The Morgan fingerprint density at radius 3 is 2.57 bits per heavy atom. The Morgan fingerprint density at radius 2 is 1.93 bits per heavy atom. The molecule has 0 saturated heterocycles. The average Bonchev–Trinajstić information content (AvgIpc) is 3.04. The molecule has 0 aliphatic heterocycles. The number of thiophene rings is 1. The number of carbonyl (C=O) groups excluding carboxylic acids is 1. The predicted molar refractivity (Wildman–Crippen MR) is 105 cm³/mol. The van der Waals surface area contributed by atoms with E-state index in [-0.39, 0.29) is 17.3 Å². The summed E-state index contributed by atoms with van der Waals surface area (Å²) in [4.78, 5) is 11.1. The summed E-state index contributed by atoms with van der Waals surface area (Å²) in [6, 6.07) is 11.7. The van der Waals surface area contributed by atoms with E-state index in [0.717, 1.165) is 16.0 Å². The molecule has 1 aromatic heterocycles. The first kappa shape index (κ1) is 20.2. The number of hydrogen-bond donors (Lipinski definition) is 1. The number of nitrogens with zero attached hydrogens (tertiary/aromatic N) is 1. The van der Waals surface area contributed by atoms with Crippen LogP contribution in [0.3, 0.4) is 0 Å². The molecule has 148 valence electrons. The minimum atomic E-state index is -3.70. The molecular weight excluding hydrogens is 405 g/mol. The van der Waals surface area contributed by atoms with Crippen LogP contribution in [0.2, 0.25) is 0 Å². The molecule has 0 fully saturated rings. The summed E-state index contributed by atoms with van der Waals surface area (Å²) in [5.41, 5.74) is 0.962. The number of methoxy groups -OCH3 is 1. The first-order valence-corrected chi connectivity index (χ1v) is 10.9. The highest BCUT2D eigenvalue weighted by Crippen LogP contribution is 2.27. The second-order valence-electron chi connectivity index (χ2n) is 6.25. The van der Waals surface area contributed by atoms with Crippen molar-refractivity contribution < 1.29 is 27.5 Å². The molecule has 2 aromatic carbocycles. The number of halogens is 1. The summed E-state index contributed by atoms with van der Waals surface area (Å²) in [6.45, 7) is 0. The Kier molecular flexibility index (Phi) is 5.97. The molecule has 6 nitrogen and oxygen atoms in total. The van der Waals surface area contributed by atoms with Crippen molar-refractivity contribution in [2.75, 3.05) is 12.9 Å². The normalized spacial score (nSPS) is 12.7. The van der Waals surface area contributed by atoms with Crippen LogP contribution in [0.5, 0.6) is 5.75 Å². The zero-order chi connectivity index (χ0) is 20.3. The van der Waals surface area contributed by atoms with E-state index in [4.69, 9.17) is 4.74 Å². The van der Waals surface area contributed by atoms with Gasteiger partial charge in [-0.2, -0.15) is 4.39 Å². The highest BCUT2D eigenvalue weighted by atomic mass is 32.2.